The number of thiazole rings is 1. The highest BCUT2D eigenvalue weighted by Crippen LogP contribution is 2.32. The van der Waals surface area contributed by atoms with Crippen molar-refractivity contribution in [3.8, 4) is 10.4 Å². The summed E-state index contributed by atoms with van der Waals surface area (Å²) in [5.74, 6) is 0.848. The SMILES string of the molecule is Cc1oncc1-c1cnc(N2CCNCC2)s1. The molecule has 0 bridgehead atoms. The third-order valence-electron chi connectivity index (χ3n) is 2.90. The fourth-order valence-corrected chi connectivity index (χ4v) is 2.95. The Morgan fingerprint density at radius 2 is 2.18 bits per heavy atom. The highest BCUT2D eigenvalue weighted by atomic mass is 32.1. The van der Waals surface area contributed by atoms with Gasteiger partial charge in [-0.1, -0.05) is 16.5 Å². The fourth-order valence-electron chi connectivity index (χ4n) is 1.93. The second-order valence-corrected chi connectivity index (χ2v) is 5.05. The van der Waals surface area contributed by atoms with Crippen LogP contribution in [0.25, 0.3) is 10.4 Å². The van der Waals surface area contributed by atoms with Crippen LogP contribution in [-0.4, -0.2) is 36.3 Å². The van der Waals surface area contributed by atoms with Gasteiger partial charge in [-0.25, -0.2) is 4.98 Å². The van der Waals surface area contributed by atoms with Gasteiger partial charge < -0.3 is 14.7 Å². The summed E-state index contributed by atoms with van der Waals surface area (Å²) in [6.45, 7) is 6.03. The van der Waals surface area contributed by atoms with E-state index in [-0.39, 0.29) is 0 Å². The van der Waals surface area contributed by atoms with Crippen molar-refractivity contribution in [2.45, 2.75) is 6.92 Å². The van der Waals surface area contributed by atoms with Crippen LogP contribution in [0, 0.1) is 6.92 Å². The van der Waals surface area contributed by atoms with E-state index in [1.807, 2.05) is 13.1 Å². The highest BCUT2D eigenvalue weighted by Gasteiger charge is 2.16. The molecule has 1 aliphatic rings. The van der Waals surface area contributed by atoms with E-state index in [1.54, 1.807) is 17.5 Å². The number of nitrogens with one attached hydrogen (secondary N) is 1. The van der Waals surface area contributed by atoms with E-state index in [2.05, 4.69) is 20.4 Å². The molecule has 0 aromatic carbocycles. The molecular weight excluding hydrogens is 236 g/mol. The van der Waals surface area contributed by atoms with E-state index < -0.39 is 0 Å². The van der Waals surface area contributed by atoms with Crippen LogP contribution in [0.3, 0.4) is 0 Å². The van der Waals surface area contributed by atoms with E-state index in [9.17, 15) is 0 Å². The van der Waals surface area contributed by atoms with Gasteiger partial charge in [0.1, 0.15) is 5.76 Å². The lowest BCUT2D eigenvalue weighted by Gasteiger charge is -2.26. The Morgan fingerprint density at radius 3 is 2.88 bits per heavy atom. The average Bonchev–Trinajstić information content (AvgIpc) is 2.98. The molecule has 17 heavy (non-hydrogen) atoms. The molecule has 0 aliphatic carbocycles. The maximum Gasteiger partial charge on any atom is 0.185 e. The number of anilines is 1. The molecule has 1 N–H and O–H groups in total. The van der Waals surface area contributed by atoms with Crippen molar-refractivity contribution in [2.75, 3.05) is 31.1 Å². The summed E-state index contributed by atoms with van der Waals surface area (Å²) in [4.78, 5) is 7.92. The number of aromatic nitrogens is 2. The first-order chi connectivity index (χ1) is 8.34. The van der Waals surface area contributed by atoms with Gasteiger partial charge in [0.05, 0.1) is 16.6 Å². The van der Waals surface area contributed by atoms with Crippen LogP contribution in [-0.2, 0) is 0 Å². The van der Waals surface area contributed by atoms with Gasteiger partial charge in [0, 0.05) is 32.4 Å². The molecule has 1 aliphatic heterocycles. The van der Waals surface area contributed by atoms with Gasteiger partial charge >= 0.3 is 0 Å². The number of piperazine rings is 1. The Labute approximate surface area is 103 Å². The lowest BCUT2D eigenvalue weighted by Crippen LogP contribution is -2.43. The van der Waals surface area contributed by atoms with Gasteiger partial charge in [0.15, 0.2) is 5.13 Å². The molecular formula is C11H14N4OS. The van der Waals surface area contributed by atoms with Crippen LogP contribution in [0.4, 0.5) is 5.13 Å². The normalized spacial score (nSPS) is 16.4. The molecule has 0 amide bonds. The van der Waals surface area contributed by atoms with Crippen LogP contribution in [0.15, 0.2) is 16.9 Å². The number of rotatable bonds is 2. The van der Waals surface area contributed by atoms with Crippen molar-refractivity contribution >= 4 is 16.5 Å². The Kier molecular flexibility index (Phi) is 2.82. The summed E-state index contributed by atoms with van der Waals surface area (Å²) >= 11 is 1.70. The summed E-state index contributed by atoms with van der Waals surface area (Å²) in [5.41, 5.74) is 1.05. The number of hydrogen-bond donors (Lipinski definition) is 1. The molecule has 0 unspecified atom stereocenters. The van der Waals surface area contributed by atoms with Crippen molar-refractivity contribution in [1.82, 2.24) is 15.5 Å². The molecule has 0 radical (unpaired) electrons. The predicted octanol–water partition coefficient (Wildman–Crippen LogP) is 1.52. The topological polar surface area (TPSA) is 54.2 Å². The van der Waals surface area contributed by atoms with Crippen molar-refractivity contribution in [3.63, 3.8) is 0 Å². The van der Waals surface area contributed by atoms with Gasteiger partial charge in [-0.15, -0.1) is 0 Å². The summed E-state index contributed by atoms with van der Waals surface area (Å²) in [6, 6.07) is 0. The first-order valence-electron chi connectivity index (χ1n) is 5.68. The Balaban J connectivity index is 1.85. The van der Waals surface area contributed by atoms with Gasteiger partial charge in [-0.3, -0.25) is 0 Å². The number of nitrogens with zero attached hydrogens (tertiary/aromatic N) is 3. The monoisotopic (exact) mass is 250 g/mol. The zero-order valence-corrected chi connectivity index (χ0v) is 10.5. The van der Waals surface area contributed by atoms with E-state index in [0.29, 0.717) is 0 Å². The number of hydrogen-bond acceptors (Lipinski definition) is 6. The molecule has 2 aromatic heterocycles. The Hall–Kier alpha value is -1.40. The summed E-state index contributed by atoms with van der Waals surface area (Å²) < 4.78 is 5.08. The van der Waals surface area contributed by atoms with Crippen molar-refractivity contribution in [1.29, 1.82) is 0 Å². The van der Waals surface area contributed by atoms with Crippen LogP contribution >= 0.6 is 11.3 Å². The van der Waals surface area contributed by atoms with Crippen LogP contribution in [0.2, 0.25) is 0 Å². The molecule has 5 nitrogen and oxygen atoms in total. The van der Waals surface area contributed by atoms with Gasteiger partial charge in [-0.2, -0.15) is 0 Å². The zero-order valence-electron chi connectivity index (χ0n) is 9.64. The minimum absolute atomic E-state index is 0.848. The fraction of sp³-hybridized carbons (Fsp3) is 0.455. The molecule has 2 aromatic rings. The molecule has 0 saturated carbocycles. The highest BCUT2D eigenvalue weighted by molar-refractivity contribution is 7.18. The first kappa shape index (κ1) is 10.7. The minimum atomic E-state index is 0.848. The lowest BCUT2D eigenvalue weighted by molar-refractivity contribution is 0.398. The Morgan fingerprint density at radius 1 is 1.35 bits per heavy atom. The van der Waals surface area contributed by atoms with Crippen molar-refractivity contribution in [3.05, 3.63) is 18.2 Å². The minimum Gasteiger partial charge on any atom is -0.361 e. The van der Waals surface area contributed by atoms with Crippen molar-refractivity contribution < 1.29 is 4.52 Å². The predicted molar refractivity (Wildman–Crippen MR) is 67.4 cm³/mol. The van der Waals surface area contributed by atoms with Crippen LogP contribution in [0.1, 0.15) is 5.76 Å². The lowest BCUT2D eigenvalue weighted by atomic mass is 10.2. The quantitative estimate of drug-likeness (QED) is 0.875. The second kappa shape index (κ2) is 4.46. The smallest absolute Gasteiger partial charge is 0.185 e. The molecule has 1 fully saturated rings. The standard InChI is InChI=1S/C11H14N4OS/c1-8-9(6-14-16-8)10-7-13-11(17-10)15-4-2-12-3-5-15/h6-7,12H,2-5H2,1H3. The molecule has 0 atom stereocenters. The maximum atomic E-state index is 5.08. The average molecular weight is 250 g/mol. The first-order valence-corrected chi connectivity index (χ1v) is 6.49. The Bertz CT molecular complexity index is 501. The maximum absolute atomic E-state index is 5.08. The van der Waals surface area contributed by atoms with E-state index in [4.69, 9.17) is 4.52 Å². The molecule has 6 heteroatoms. The molecule has 1 saturated heterocycles. The van der Waals surface area contributed by atoms with E-state index in [0.717, 1.165) is 47.5 Å². The molecule has 0 spiro atoms. The summed E-state index contributed by atoms with van der Waals surface area (Å²) in [5, 5.41) is 8.22. The van der Waals surface area contributed by atoms with Gasteiger partial charge in [-0.05, 0) is 6.92 Å². The van der Waals surface area contributed by atoms with Gasteiger partial charge in [0.25, 0.3) is 0 Å². The van der Waals surface area contributed by atoms with Crippen LogP contribution < -0.4 is 10.2 Å². The largest absolute Gasteiger partial charge is 0.361 e. The summed E-state index contributed by atoms with van der Waals surface area (Å²) in [7, 11) is 0. The number of aryl methyl sites for hydroxylation is 1. The van der Waals surface area contributed by atoms with E-state index in [1.165, 1.54) is 0 Å². The van der Waals surface area contributed by atoms with E-state index >= 15 is 0 Å². The summed E-state index contributed by atoms with van der Waals surface area (Å²) in [6.07, 6.45) is 3.66. The third-order valence-corrected chi connectivity index (χ3v) is 3.99. The van der Waals surface area contributed by atoms with Gasteiger partial charge in [0.2, 0.25) is 0 Å². The molecule has 3 rings (SSSR count). The molecule has 3 heterocycles. The van der Waals surface area contributed by atoms with Crippen molar-refractivity contribution in [2.24, 2.45) is 0 Å². The third kappa shape index (κ3) is 2.05. The zero-order chi connectivity index (χ0) is 11.7. The molecule has 90 valence electrons. The van der Waals surface area contributed by atoms with Crippen LogP contribution in [0.5, 0.6) is 0 Å². The second-order valence-electron chi connectivity index (χ2n) is 4.04.